The molecule has 2 N–H and O–H groups in total. The van der Waals surface area contributed by atoms with Crippen LogP contribution < -0.4 is 10.6 Å². The third kappa shape index (κ3) is 7.46. The minimum absolute atomic E-state index is 0. The van der Waals surface area contributed by atoms with Crippen LogP contribution in [0, 0.1) is 0 Å². The van der Waals surface area contributed by atoms with Gasteiger partial charge in [0, 0.05) is 50.8 Å². The highest BCUT2D eigenvalue weighted by Gasteiger charge is 2.21. The van der Waals surface area contributed by atoms with Crippen LogP contribution in [0.1, 0.15) is 22.4 Å². The Labute approximate surface area is 205 Å². The molecule has 0 fully saturated rings. The van der Waals surface area contributed by atoms with E-state index >= 15 is 0 Å². The molecule has 0 unspecified atom stereocenters. The van der Waals surface area contributed by atoms with E-state index in [1.165, 1.54) is 16.7 Å². The normalized spacial score (nSPS) is 13.9. The fraction of sp³-hybridized carbons (Fsp3) is 0.429. The van der Waals surface area contributed by atoms with E-state index in [9.17, 15) is 13.2 Å². The molecule has 0 atom stereocenters. The van der Waals surface area contributed by atoms with Crippen LogP contribution in [0.2, 0.25) is 0 Å². The lowest BCUT2D eigenvalue weighted by Crippen LogP contribution is -2.41. The zero-order chi connectivity index (χ0) is 21.6. The maximum atomic E-state index is 12.5. The number of aliphatic imine (C=N–C) groups is 1. The lowest BCUT2D eigenvalue weighted by molar-refractivity contribution is -0.131. The van der Waals surface area contributed by atoms with E-state index in [2.05, 4.69) is 27.1 Å². The molecular formula is C21H29IN4O3S2. The van der Waals surface area contributed by atoms with Crippen LogP contribution in [0.25, 0.3) is 0 Å². The van der Waals surface area contributed by atoms with E-state index in [-0.39, 0.29) is 29.9 Å². The molecule has 2 heterocycles. The summed E-state index contributed by atoms with van der Waals surface area (Å²) in [6.45, 7) is 2.67. The number of nitrogens with zero attached hydrogens (tertiary/aromatic N) is 2. The number of hydrogen-bond acceptors (Lipinski definition) is 5. The van der Waals surface area contributed by atoms with Crippen molar-refractivity contribution in [3.05, 3.63) is 51.7 Å². The Hall–Kier alpha value is -1.66. The predicted molar refractivity (Wildman–Crippen MR) is 136 cm³/mol. The van der Waals surface area contributed by atoms with Gasteiger partial charge in [0.05, 0.1) is 4.90 Å². The van der Waals surface area contributed by atoms with E-state index in [1.54, 1.807) is 30.5 Å². The fourth-order valence-corrected chi connectivity index (χ4v) is 4.88. The zero-order valence-electron chi connectivity index (χ0n) is 17.8. The number of carbonyl (C=O) groups excluding carboxylic acids is 1. The third-order valence-electron chi connectivity index (χ3n) is 5.07. The van der Waals surface area contributed by atoms with E-state index in [0.717, 1.165) is 24.9 Å². The number of amides is 1. The zero-order valence-corrected chi connectivity index (χ0v) is 21.7. The number of sulfone groups is 1. The van der Waals surface area contributed by atoms with Gasteiger partial charge in [-0.15, -0.1) is 35.3 Å². The van der Waals surface area contributed by atoms with Gasteiger partial charge in [-0.2, -0.15) is 0 Å². The van der Waals surface area contributed by atoms with Crippen molar-refractivity contribution in [2.24, 2.45) is 4.99 Å². The molecule has 0 aliphatic carbocycles. The molecule has 2 aromatic rings. The Morgan fingerprint density at radius 2 is 1.87 bits per heavy atom. The van der Waals surface area contributed by atoms with Gasteiger partial charge < -0.3 is 15.5 Å². The first-order valence-electron chi connectivity index (χ1n) is 9.93. The van der Waals surface area contributed by atoms with Crippen molar-refractivity contribution in [1.82, 2.24) is 15.5 Å². The van der Waals surface area contributed by atoms with Crippen molar-refractivity contribution in [2.45, 2.75) is 30.7 Å². The number of halogens is 1. The summed E-state index contributed by atoms with van der Waals surface area (Å²) in [5.41, 5.74) is 2.31. The Morgan fingerprint density at radius 3 is 2.55 bits per heavy atom. The number of fused-ring (bicyclic) bond motifs is 1. The second kappa shape index (κ2) is 11.8. The van der Waals surface area contributed by atoms with Gasteiger partial charge in [-0.3, -0.25) is 9.79 Å². The molecule has 31 heavy (non-hydrogen) atoms. The summed E-state index contributed by atoms with van der Waals surface area (Å²) in [7, 11) is -1.47. The maximum absolute atomic E-state index is 12.5. The van der Waals surface area contributed by atoms with Gasteiger partial charge in [-0.05, 0) is 47.5 Å². The van der Waals surface area contributed by atoms with Gasteiger partial charge in [0.25, 0.3) is 0 Å². The lowest BCUT2D eigenvalue weighted by Gasteiger charge is -2.27. The summed E-state index contributed by atoms with van der Waals surface area (Å²) in [4.78, 5) is 20.3. The van der Waals surface area contributed by atoms with Crippen molar-refractivity contribution >= 4 is 57.0 Å². The van der Waals surface area contributed by atoms with E-state index in [0.29, 0.717) is 36.9 Å². The topological polar surface area (TPSA) is 90.9 Å². The third-order valence-corrected chi connectivity index (χ3v) is 7.22. The van der Waals surface area contributed by atoms with Crippen molar-refractivity contribution in [1.29, 1.82) is 0 Å². The van der Waals surface area contributed by atoms with Crippen molar-refractivity contribution in [3.8, 4) is 0 Å². The van der Waals surface area contributed by atoms with E-state index in [1.807, 2.05) is 17.0 Å². The molecule has 0 saturated carbocycles. The average Bonchev–Trinajstić information content (AvgIpc) is 3.20. The Morgan fingerprint density at radius 1 is 1.16 bits per heavy atom. The van der Waals surface area contributed by atoms with Crippen LogP contribution >= 0.6 is 35.3 Å². The predicted octanol–water partition coefficient (Wildman–Crippen LogP) is 2.45. The van der Waals surface area contributed by atoms with Gasteiger partial charge in [0.2, 0.25) is 5.91 Å². The van der Waals surface area contributed by atoms with Crippen LogP contribution in [0.5, 0.6) is 0 Å². The summed E-state index contributed by atoms with van der Waals surface area (Å²) in [6.07, 6.45) is 3.31. The lowest BCUT2D eigenvalue weighted by atomic mass is 10.1. The smallest absolute Gasteiger partial charge is 0.224 e. The van der Waals surface area contributed by atoms with Crippen LogP contribution in [-0.4, -0.2) is 58.1 Å². The van der Waals surface area contributed by atoms with Gasteiger partial charge in [0.1, 0.15) is 0 Å². The SMILES string of the molecule is CN=C(NCCC(=O)N1CCc2sccc2C1)NCCc1ccc(S(C)(=O)=O)cc1.I. The molecule has 1 amide bonds. The van der Waals surface area contributed by atoms with Crippen LogP contribution in [0.3, 0.4) is 0 Å². The molecule has 1 aliphatic rings. The number of hydrogen-bond donors (Lipinski definition) is 2. The quantitative estimate of drug-likeness (QED) is 0.300. The number of thiophene rings is 1. The molecule has 0 spiro atoms. The van der Waals surface area contributed by atoms with Crippen LogP contribution in [0.4, 0.5) is 0 Å². The van der Waals surface area contributed by atoms with Gasteiger partial charge in [-0.1, -0.05) is 12.1 Å². The second-order valence-electron chi connectivity index (χ2n) is 7.28. The highest BCUT2D eigenvalue weighted by molar-refractivity contribution is 14.0. The molecule has 3 rings (SSSR count). The molecular weight excluding hydrogens is 547 g/mol. The maximum Gasteiger partial charge on any atom is 0.224 e. The van der Waals surface area contributed by atoms with E-state index < -0.39 is 9.84 Å². The van der Waals surface area contributed by atoms with Crippen molar-refractivity contribution in [3.63, 3.8) is 0 Å². The summed E-state index contributed by atoms with van der Waals surface area (Å²) in [5.74, 6) is 0.801. The first-order chi connectivity index (χ1) is 14.4. The number of nitrogens with one attached hydrogen (secondary N) is 2. The summed E-state index contributed by atoms with van der Waals surface area (Å²) >= 11 is 1.77. The van der Waals surface area contributed by atoms with Crippen molar-refractivity contribution < 1.29 is 13.2 Å². The second-order valence-corrected chi connectivity index (χ2v) is 10.3. The van der Waals surface area contributed by atoms with Crippen molar-refractivity contribution in [2.75, 3.05) is 32.9 Å². The highest BCUT2D eigenvalue weighted by Crippen LogP contribution is 2.24. The molecule has 1 aliphatic heterocycles. The van der Waals surface area contributed by atoms with Gasteiger partial charge in [-0.25, -0.2) is 8.42 Å². The Bertz CT molecular complexity index is 1000. The summed E-state index contributed by atoms with van der Waals surface area (Å²) in [5, 5.41) is 8.50. The van der Waals surface area contributed by atoms with Crippen LogP contribution in [0.15, 0.2) is 45.6 Å². The molecule has 0 radical (unpaired) electrons. The summed E-state index contributed by atoms with van der Waals surface area (Å²) in [6, 6.07) is 9.01. The number of carbonyl (C=O) groups is 1. The largest absolute Gasteiger partial charge is 0.356 e. The number of benzene rings is 1. The molecule has 170 valence electrons. The van der Waals surface area contributed by atoms with Crippen LogP contribution in [-0.2, 0) is 34.0 Å². The molecule has 0 saturated heterocycles. The molecule has 10 heteroatoms. The Kier molecular flexibility index (Phi) is 9.76. The fourth-order valence-electron chi connectivity index (χ4n) is 3.36. The molecule has 1 aromatic heterocycles. The highest BCUT2D eigenvalue weighted by atomic mass is 127. The Balaban J connectivity index is 0.00000341. The number of rotatable bonds is 7. The van der Waals surface area contributed by atoms with Gasteiger partial charge >= 0.3 is 0 Å². The monoisotopic (exact) mass is 576 g/mol. The molecule has 0 bridgehead atoms. The molecule has 7 nitrogen and oxygen atoms in total. The first kappa shape index (κ1) is 25.6. The summed E-state index contributed by atoms with van der Waals surface area (Å²) < 4.78 is 23.0. The van der Waals surface area contributed by atoms with Gasteiger partial charge in [0.15, 0.2) is 15.8 Å². The standard InChI is InChI=1S/C21H28N4O3S2.HI/c1-22-21(23-11-7-16-3-5-18(6-4-16)30(2,27)28)24-12-8-20(26)25-13-9-19-17(15-25)10-14-29-19;/h3-6,10,14H,7-9,11-13,15H2,1-2H3,(H2,22,23,24);1H. The number of guanidine groups is 1. The minimum atomic E-state index is -3.17. The minimum Gasteiger partial charge on any atom is -0.356 e. The van der Waals surface area contributed by atoms with E-state index in [4.69, 9.17) is 0 Å². The first-order valence-corrected chi connectivity index (χ1v) is 12.7. The average molecular weight is 577 g/mol. The molecule has 1 aromatic carbocycles.